The third-order valence-electron chi connectivity index (χ3n) is 4.30. The molecule has 1 amide bonds. The number of aliphatic hydroxyl groups is 1. The Morgan fingerprint density at radius 2 is 2.08 bits per heavy atom. The van der Waals surface area contributed by atoms with Crippen molar-refractivity contribution < 1.29 is 18.7 Å². The summed E-state index contributed by atoms with van der Waals surface area (Å²) in [6.45, 7) is 3.77. The van der Waals surface area contributed by atoms with Crippen LogP contribution >= 0.6 is 0 Å². The molecule has 0 unspecified atom stereocenters. The van der Waals surface area contributed by atoms with Crippen LogP contribution in [0.5, 0.6) is 0 Å². The van der Waals surface area contributed by atoms with Gasteiger partial charge in [-0.1, -0.05) is 0 Å². The van der Waals surface area contributed by atoms with E-state index in [1.54, 1.807) is 4.68 Å². The molecule has 0 spiro atoms. The molecule has 0 aliphatic carbocycles. The quantitative estimate of drug-likeness (QED) is 0.935. The van der Waals surface area contributed by atoms with Gasteiger partial charge in [-0.2, -0.15) is 5.10 Å². The number of likely N-dealkylation sites (tertiary alicyclic amines) is 1. The zero-order chi connectivity index (χ0) is 17.4. The second-order valence-corrected chi connectivity index (χ2v) is 6.20. The van der Waals surface area contributed by atoms with Crippen LogP contribution < -0.4 is 0 Å². The average molecular weight is 335 g/mol. The number of amides is 1. The van der Waals surface area contributed by atoms with E-state index in [-0.39, 0.29) is 31.0 Å². The van der Waals surface area contributed by atoms with Gasteiger partial charge < -0.3 is 10.0 Å². The topological polar surface area (TPSA) is 58.4 Å². The van der Waals surface area contributed by atoms with Crippen molar-refractivity contribution in [3.05, 3.63) is 52.9 Å². The van der Waals surface area contributed by atoms with Crippen molar-refractivity contribution in [2.24, 2.45) is 0 Å². The van der Waals surface area contributed by atoms with E-state index in [0.717, 1.165) is 29.6 Å². The fourth-order valence-electron chi connectivity index (χ4n) is 3.21. The Hall–Kier alpha value is -2.28. The zero-order valence-corrected chi connectivity index (χ0v) is 13.5. The van der Waals surface area contributed by atoms with Gasteiger partial charge in [0.2, 0.25) is 5.91 Å². The molecular weight excluding hydrogens is 316 g/mol. The van der Waals surface area contributed by atoms with Gasteiger partial charge >= 0.3 is 0 Å². The van der Waals surface area contributed by atoms with E-state index in [1.807, 2.05) is 19.9 Å². The number of hydrogen-bond donors (Lipinski definition) is 1. The van der Waals surface area contributed by atoms with Crippen LogP contribution in [-0.2, 0) is 11.3 Å². The molecule has 128 valence electrons. The van der Waals surface area contributed by atoms with Gasteiger partial charge in [0.05, 0.1) is 17.8 Å². The van der Waals surface area contributed by atoms with Crippen molar-refractivity contribution in [1.82, 2.24) is 14.7 Å². The molecule has 0 radical (unpaired) electrons. The maximum Gasteiger partial charge on any atom is 0.244 e. The molecule has 7 heteroatoms. The number of benzene rings is 1. The smallest absolute Gasteiger partial charge is 0.244 e. The zero-order valence-electron chi connectivity index (χ0n) is 13.5. The number of aliphatic hydroxyl groups excluding tert-OH is 1. The summed E-state index contributed by atoms with van der Waals surface area (Å²) in [4.78, 5) is 14.0. The summed E-state index contributed by atoms with van der Waals surface area (Å²) >= 11 is 0. The maximum absolute atomic E-state index is 14.1. The molecule has 1 aliphatic heterocycles. The van der Waals surface area contributed by atoms with E-state index in [4.69, 9.17) is 0 Å². The lowest BCUT2D eigenvalue weighted by Gasteiger charge is -2.25. The minimum atomic E-state index is -0.762. The summed E-state index contributed by atoms with van der Waals surface area (Å²) < 4.78 is 29.1. The fourth-order valence-corrected chi connectivity index (χ4v) is 3.21. The van der Waals surface area contributed by atoms with E-state index in [0.29, 0.717) is 0 Å². The highest BCUT2D eigenvalue weighted by molar-refractivity contribution is 5.77. The lowest BCUT2D eigenvalue weighted by atomic mass is 10.0. The molecule has 1 aromatic heterocycles. The van der Waals surface area contributed by atoms with Crippen molar-refractivity contribution in [1.29, 1.82) is 0 Å². The SMILES string of the molecule is Cc1cc(C)n(CC(=O)N2C[C@@H](O)C[C@H]2c2cc(F)ccc2F)n1. The van der Waals surface area contributed by atoms with Crippen LogP contribution in [0.2, 0.25) is 0 Å². The Bertz CT molecular complexity index is 775. The number of carbonyl (C=O) groups excluding carboxylic acids is 1. The monoisotopic (exact) mass is 335 g/mol. The van der Waals surface area contributed by atoms with Crippen LogP contribution in [0, 0.1) is 25.5 Å². The number of β-amino-alcohol motifs (C(OH)–C–C–N with tert-alkyl or cyclic N) is 1. The van der Waals surface area contributed by atoms with Crippen molar-refractivity contribution in [2.45, 2.75) is 39.0 Å². The Morgan fingerprint density at radius 3 is 2.75 bits per heavy atom. The van der Waals surface area contributed by atoms with Gasteiger partial charge in [-0.05, 0) is 44.5 Å². The molecule has 2 aromatic rings. The van der Waals surface area contributed by atoms with Gasteiger partial charge in [0.25, 0.3) is 0 Å². The second kappa shape index (κ2) is 6.32. The van der Waals surface area contributed by atoms with Crippen LogP contribution in [0.25, 0.3) is 0 Å². The summed E-state index contributed by atoms with van der Waals surface area (Å²) in [7, 11) is 0. The number of nitrogens with zero attached hydrogens (tertiary/aromatic N) is 3. The van der Waals surface area contributed by atoms with Gasteiger partial charge in [0.15, 0.2) is 0 Å². The number of aryl methyl sites for hydroxylation is 2. The molecule has 0 saturated carbocycles. The highest BCUT2D eigenvalue weighted by atomic mass is 19.1. The van der Waals surface area contributed by atoms with Crippen molar-refractivity contribution in [3.63, 3.8) is 0 Å². The van der Waals surface area contributed by atoms with Crippen LogP contribution in [0.3, 0.4) is 0 Å². The Labute approximate surface area is 138 Å². The standard InChI is InChI=1S/C17H19F2N3O2/c1-10-5-11(2)22(20-10)9-17(24)21-8-13(23)7-16(21)14-6-12(18)3-4-15(14)19/h3-6,13,16,23H,7-9H2,1-2H3/t13-,16-/m0/s1. The van der Waals surface area contributed by atoms with Crippen LogP contribution in [0.4, 0.5) is 8.78 Å². The minimum absolute atomic E-state index is 0.000171. The highest BCUT2D eigenvalue weighted by Gasteiger charge is 2.37. The first-order valence-corrected chi connectivity index (χ1v) is 7.78. The van der Waals surface area contributed by atoms with E-state index in [2.05, 4.69) is 5.10 Å². The first kappa shape index (κ1) is 16.6. The maximum atomic E-state index is 14.1. The normalized spacial score (nSPS) is 20.6. The van der Waals surface area contributed by atoms with Crippen LogP contribution in [0.15, 0.2) is 24.3 Å². The molecule has 1 saturated heterocycles. The largest absolute Gasteiger partial charge is 0.391 e. The Morgan fingerprint density at radius 1 is 1.33 bits per heavy atom. The molecular formula is C17H19F2N3O2. The molecule has 1 aromatic carbocycles. The molecule has 2 atom stereocenters. The van der Waals surface area contributed by atoms with E-state index < -0.39 is 23.8 Å². The summed E-state index contributed by atoms with van der Waals surface area (Å²) in [6.07, 6.45) is -0.578. The molecule has 0 bridgehead atoms. The summed E-state index contributed by atoms with van der Waals surface area (Å²) in [5.41, 5.74) is 1.73. The second-order valence-electron chi connectivity index (χ2n) is 6.20. The third-order valence-corrected chi connectivity index (χ3v) is 4.30. The number of halogens is 2. The summed E-state index contributed by atoms with van der Waals surface area (Å²) in [6, 6.07) is 4.34. The Kier molecular flexibility index (Phi) is 4.36. The number of rotatable bonds is 3. The first-order valence-electron chi connectivity index (χ1n) is 7.78. The predicted octanol–water partition coefficient (Wildman–Crippen LogP) is 2.11. The molecule has 3 rings (SSSR count). The van der Waals surface area contributed by atoms with Gasteiger partial charge in [-0.25, -0.2) is 8.78 Å². The van der Waals surface area contributed by atoms with Crippen molar-refractivity contribution in [3.8, 4) is 0 Å². The lowest BCUT2D eigenvalue weighted by Crippen LogP contribution is -2.35. The van der Waals surface area contributed by atoms with Crippen molar-refractivity contribution >= 4 is 5.91 Å². The van der Waals surface area contributed by atoms with E-state index in [9.17, 15) is 18.7 Å². The summed E-state index contributed by atoms with van der Waals surface area (Å²) in [5, 5.41) is 14.2. The number of aromatic nitrogens is 2. The van der Waals surface area contributed by atoms with Crippen LogP contribution in [0.1, 0.15) is 29.4 Å². The van der Waals surface area contributed by atoms with Crippen LogP contribution in [-0.4, -0.2) is 38.3 Å². The summed E-state index contributed by atoms with van der Waals surface area (Å²) in [5.74, 6) is -1.44. The number of carbonyl (C=O) groups is 1. The van der Waals surface area contributed by atoms with E-state index >= 15 is 0 Å². The number of hydrogen-bond acceptors (Lipinski definition) is 3. The molecule has 2 heterocycles. The van der Waals surface area contributed by atoms with Gasteiger partial charge in [0, 0.05) is 17.8 Å². The van der Waals surface area contributed by atoms with E-state index in [1.165, 1.54) is 4.90 Å². The van der Waals surface area contributed by atoms with Gasteiger partial charge in [0.1, 0.15) is 18.2 Å². The van der Waals surface area contributed by atoms with Gasteiger partial charge in [-0.3, -0.25) is 9.48 Å². The molecule has 24 heavy (non-hydrogen) atoms. The molecule has 1 N–H and O–H groups in total. The minimum Gasteiger partial charge on any atom is -0.391 e. The predicted molar refractivity (Wildman–Crippen MR) is 83.1 cm³/mol. The molecule has 1 fully saturated rings. The molecule has 1 aliphatic rings. The average Bonchev–Trinajstić information content (AvgIpc) is 3.04. The van der Waals surface area contributed by atoms with Gasteiger partial charge in [-0.15, -0.1) is 0 Å². The third kappa shape index (κ3) is 3.17. The highest BCUT2D eigenvalue weighted by Crippen LogP contribution is 2.34. The molecule has 5 nitrogen and oxygen atoms in total. The lowest BCUT2D eigenvalue weighted by molar-refractivity contribution is -0.133. The fraction of sp³-hybridized carbons (Fsp3) is 0.412. The van der Waals surface area contributed by atoms with Crippen molar-refractivity contribution in [2.75, 3.05) is 6.54 Å². The Balaban J connectivity index is 1.86. The first-order chi connectivity index (χ1) is 11.3.